The van der Waals surface area contributed by atoms with E-state index in [2.05, 4.69) is 267 Å². The van der Waals surface area contributed by atoms with Crippen molar-refractivity contribution in [3.63, 3.8) is 0 Å². The number of nitrogens with zero attached hydrogens (tertiary/aromatic N) is 1. The van der Waals surface area contributed by atoms with E-state index in [9.17, 15) is 0 Å². The van der Waals surface area contributed by atoms with E-state index in [1.54, 1.807) is 0 Å². The van der Waals surface area contributed by atoms with Crippen LogP contribution in [-0.4, -0.2) is 0 Å². The Kier molecular flexibility index (Phi) is 8.23. The van der Waals surface area contributed by atoms with E-state index in [1.807, 2.05) is 0 Å². The molecule has 0 aliphatic heterocycles. The van der Waals surface area contributed by atoms with Crippen molar-refractivity contribution in [2.45, 2.75) is 30.1 Å². The molecule has 0 N–H and O–H groups in total. The third kappa shape index (κ3) is 5.06. The average Bonchev–Trinajstić information content (AvgIpc) is 3.83. The summed E-state index contributed by atoms with van der Waals surface area (Å²) in [5.41, 5.74) is 20.4. The lowest BCUT2D eigenvalue weighted by molar-refractivity contribution is 0.627. The fourth-order valence-electron chi connectivity index (χ4n) is 13.2. The maximum Gasteiger partial charge on any atom is 0.0720 e. The van der Waals surface area contributed by atoms with Gasteiger partial charge in [-0.05, 0) is 124 Å². The molecular weight excluding hydrogens is 819 g/mol. The third-order valence-corrected chi connectivity index (χ3v) is 16.0. The summed E-state index contributed by atoms with van der Waals surface area (Å²) in [4.78, 5) is 2.55. The zero-order valence-corrected chi connectivity index (χ0v) is 38.1. The van der Waals surface area contributed by atoms with Crippen molar-refractivity contribution in [2.75, 3.05) is 4.90 Å². The largest absolute Gasteiger partial charge is 0.310 e. The minimum atomic E-state index is -0.682. The lowest BCUT2D eigenvalue weighted by atomic mass is 9.51. The number of fused-ring (bicyclic) bond motifs is 11. The molecule has 3 aliphatic carbocycles. The van der Waals surface area contributed by atoms with Gasteiger partial charge in [-0.1, -0.05) is 232 Å². The smallest absolute Gasteiger partial charge is 0.0720 e. The number of hydrogen-bond acceptors (Lipinski definition) is 1. The summed E-state index contributed by atoms with van der Waals surface area (Å²) in [5.74, 6) is 0. The molecule has 14 rings (SSSR count). The monoisotopic (exact) mass is 865 g/mol. The molecule has 3 aliphatic rings. The Morgan fingerprint density at radius 1 is 0.294 bits per heavy atom. The molecule has 320 valence electrons. The Morgan fingerprint density at radius 3 is 1.54 bits per heavy atom. The first kappa shape index (κ1) is 39.0. The van der Waals surface area contributed by atoms with Crippen LogP contribution in [-0.2, 0) is 16.2 Å². The molecule has 1 nitrogen and oxygen atoms in total. The highest BCUT2D eigenvalue weighted by molar-refractivity contribution is 6.14. The molecule has 0 saturated carbocycles. The molecule has 0 spiro atoms. The van der Waals surface area contributed by atoms with Gasteiger partial charge in [0.2, 0.25) is 0 Å². The minimum absolute atomic E-state index is 0.166. The Morgan fingerprint density at radius 2 is 0.794 bits per heavy atom. The van der Waals surface area contributed by atoms with E-state index in [0.29, 0.717) is 0 Å². The van der Waals surface area contributed by atoms with Gasteiger partial charge in [-0.25, -0.2) is 0 Å². The number of hydrogen-bond donors (Lipinski definition) is 0. The van der Waals surface area contributed by atoms with E-state index in [1.165, 1.54) is 99.4 Å². The summed E-state index contributed by atoms with van der Waals surface area (Å²) in [6.45, 7) is 4.77. The van der Waals surface area contributed by atoms with Gasteiger partial charge in [0.25, 0.3) is 0 Å². The third-order valence-electron chi connectivity index (χ3n) is 16.0. The quantitative estimate of drug-likeness (QED) is 0.151. The van der Waals surface area contributed by atoms with Crippen molar-refractivity contribution in [1.29, 1.82) is 0 Å². The summed E-state index contributed by atoms with van der Waals surface area (Å²) in [6, 6.07) is 94.1. The minimum Gasteiger partial charge on any atom is -0.310 e. The van der Waals surface area contributed by atoms with E-state index >= 15 is 0 Å². The van der Waals surface area contributed by atoms with Crippen molar-refractivity contribution in [1.82, 2.24) is 0 Å². The van der Waals surface area contributed by atoms with Crippen LogP contribution in [0.25, 0.3) is 43.8 Å². The summed E-state index contributed by atoms with van der Waals surface area (Å²) in [6.07, 6.45) is 0. The van der Waals surface area contributed by atoms with Crippen LogP contribution >= 0.6 is 0 Å². The van der Waals surface area contributed by atoms with Crippen molar-refractivity contribution in [2.24, 2.45) is 0 Å². The molecule has 11 aromatic rings. The maximum atomic E-state index is 2.55. The molecule has 0 saturated heterocycles. The first-order valence-electron chi connectivity index (χ1n) is 24.0. The molecule has 0 aromatic heterocycles. The number of rotatable bonds is 6. The van der Waals surface area contributed by atoms with E-state index in [-0.39, 0.29) is 5.41 Å². The van der Waals surface area contributed by atoms with Crippen LogP contribution < -0.4 is 4.90 Å². The highest BCUT2D eigenvalue weighted by Crippen LogP contribution is 2.66. The van der Waals surface area contributed by atoms with Crippen LogP contribution in [0.15, 0.2) is 249 Å². The van der Waals surface area contributed by atoms with E-state index < -0.39 is 10.8 Å². The van der Waals surface area contributed by atoms with Crippen LogP contribution in [0, 0.1) is 0 Å². The lowest BCUT2D eigenvalue weighted by Gasteiger charge is -2.49. The normalized spacial score (nSPS) is 17.8. The molecular formula is C67H47N. The topological polar surface area (TPSA) is 3.24 Å². The number of anilines is 3. The molecule has 0 radical (unpaired) electrons. The summed E-state index contributed by atoms with van der Waals surface area (Å²) < 4.78 is 0. The standard InChI is InChI=1S/C67H47N/c1-65(2)57-34-15-13-30-52(57)54-40-39-49(43-62(54)65)68(63-41-44-21-9-10-28-50(44)51-29-11-12-32-55(51)63)48-27-19-26-47(42-48)66(45-22-5-3-6-23-45)59-36-17-18-37-60(59)67(46-24-7-4-8-25-46)58-35-16-14-31-53(58)56-33-20-38-61(66)64(56)67/h3-43H,1-2H3. The van der Waals surface area contributed by atoms with Gasteiger partial charge in [0.1, 0.15) is 0 Å². The second-order valence-corrected chi connectivity index (χ2v) is 19.5. The Balaban J connectivity index is 1.09. The molecule has 0 heterocycles. The molecule has 11 aromatic carbocycles. The summed E-state index contributed by atoms with van der Waals surface area (Å²) >= 11 is 0. The molecule has 2 unspecified atom stereocenters. The Hall–Kier alpha value is -8.26. The second-order valence-electron chi connectivity index (χ2n) is 19.5. The SMILES string of the molecule is CC1(C)c2ccccc2-c2ccc(N(c3cccc(C4(c5ccccc5)c5ccccc5C5(c6ccccc6)c6ccccc6-c6cccc4c65)c3)c3cc4ccccc4c4ccccc34)cc21. The van der Waals surface area contributed by atoms with Crippen LogP contribution in [0.2, 0.25) is 0 Å². The van der Waals surface area contributed by atoms with Gasteiger partial charge in [-0.2, -0.15) is 0 Å². The van der Waals surface area contributed by atoms with Crippen LogP contribution in [0.5, 0.6) is 0 Å². The molecule has 68 heavy (non-hydrogen) atoms. The van der Waals surface area contributed by atoms with Crippen molar-refractivity contribution < 1.29 is 0 Å². The van der Waals surface area contributed by atoms with Crippen LogP contribution in [0.3, 0.4) is 0 Å². The lowest BCUT2D eigenvalue weighted by Crippen LogP contribution is -2.44. The Labute approximate surface area is 398 Å². The summed E-state index contributed by atoms with van der Waals surface area (Å²) in [5, 5.41) is 4.93. The maximum absolute atomic E-state index is 2.55. The van der Waals surface area contributed by atoms with Gasteiger partial charge < -0.3 is 4.90 Å². The highest BCUT2D eigenvalue weighted by atomic mass is 15.1. The van der Waals surface area contributed by atoms with E-state index in [0.717, 1.165) is 17.1 Å². The van der Waals surface area contributed by atoms with Gasteiger partial charge in [0, 0.05) is 22.2 Å². The van der Waals surface area contributed by atoms with Gasteiger partial charge in [-0.15, -0.1) is 0 Å². The predicted octanol–water partition coefficient (Wildman–Crippen LogP) is 16.8. The first-order chi connectivity index (χ1) is 33.5. The van der Waals surface area contributed by atoms with Crippen LogP contribution in [0.4, 0.5) is 17.1 Å². The van der Waals surface area contributed by atoms with Gasteiger partial charge in [0.15, 0.2) is 0 Å². The molecule has 0 fully saturated rings. The van der Waals surface area contributed by atoms with E-state index in [4.69, 9.17) is 0 Å². The van der Waals surface area contributed by atoms with Crippen LogP contribution in [0.1, 0.15) is 69.5 Å². The average molecular weight is 866 g/mol. The first-order valence-corrected chi connectivity index (χ1v) is 24.0. The highest BCUT2D eigenvalue weighted by Gasteiger charge is 2.57. The zero-order chi connectivity index (χ0) is 45.2. The van der Waals surface area contributed by atoms with Gasteiger partial charge >= 0.3 is 0 Å². The van der Waals surface area contributed by atoms with Crippen molar-refractivity contribution in [3.8, 4) is 22.3 Å². The number of benzene rings is 11. The fourth-order valence-corrected chi connectivity index (χ4v) is 13.2. The van der Waals surface area contributed by atoms with Gasteiger partial charge in [0.05, 0.1) is 16.5 Å². The fraction of sp³-hybridized carbons (Fsp3) is 0.0746. The zero-order valence-electron chi connectivity index (χ0n) is 38.1. The summed E-state index contributed by atoms with van der Waals surface area (Å²) in [7, 11) is 0. The Bertz CT molecular complexity index is 3840. The predicted molar refractivity (Wildman–Crippen MR) is 283 cm³/mol. The molecule has 2 atom stereocenters. The van der Waals surface area contributed by atoms with Crippen molar-refractivity contribution >= 4 is 38.6 Å². The molecule has 1 heteroatoms. The second kappa shape index (κ2) is 14.4. The van der Waals surface area contributed by atoms with Gasteiger partial charge in [-0.3, -0.25) is 0 Å². The molecule has 0 amide bonds. The molecule has 0 bridgehead atoms. The van der Waals surface area contributed by atoms with Crippen molar-refractivity contribution in [3.05, 3.63) is 304 Å².